The molecule has 1 atom stereocenters. The Kier molecular flexibility index (Phi) is 7.00. The molecule has 0 bridgehead atoms. The number of rotatable bonds is 9. The van der Waals surface area contributed by atoms with Gasteiger partial charge in [0.1, 0.15) is 0 Å². The van der Waals surface area contributed by atoms with E-state index in [2.05, 4.69) is 29.3 Å². The summed E-state index contributed by atoms with van der Waals surface area (Å²) in [4.78, 5) is 2.57. The molecule has 0 unspecified atom stereocenters. The highest BCUT2D eigenvalue weighted by Gasteiger charge is 2.22. The number of likely N-dealkylation sites (N-methyl/N-ethyl adjacent to an activating group) is 1. The van der Waals surface area contributed by atoms with Crippen molar-refractivity contribution >= 4 is 0 Å². The van der Waals surface area contributed by atoms with Crippen LogP contribution in [0.1, 0.15) is 39.2 Å². The fourth-order valence-corrected chi connectivity index (χ4v) is 3.13. The van der Waals surface area contributed by atoms with Gasteiger partial charge in [-0.05, 0) is 57.5 Å². The number of benzene rings is 1. The molecule has 0 aliphatic carbocycles. The van der Waals surface area contributed by atoms with Crippen molar-refractivity contribution in [3.8, 4) is 11.5 Å². The molecule has 1 aliphatic heterocycles. The van der Waals surface area contributed by atoms with E-state index in [1.165, 1.54) is 24.9 Å². The van der Waals surface area contributed by atoms with Crippen LogP contribution in [0.2, 0.25) is 0 Å². The van der Waals surface area contributed by atoms with Crippen LogP contribution in [0.25, 0.3) is 0 Å². The Hall–Kier alpha value is -1.26. The molecular formula is C18H30N2O2. The van der Waals surface area contributed by atoms with E-state index in [0.717, 1.165) is 31.1 Å². The maximum atomic E-state index is 5.68. The molecule has 4 heteroatoms. The summed E-state index contributed by atoms with van der Waals surface area (Å²) in [5.41, 5.74) is 1.24. The third-order valence-corrected chi connectivity index (χ3v) is 4.22. The van der Waals surface area contributed by atoms with Gasteiger partial charge in [-0.2, -0.15) is 0 Å². The predicted octanol–water partition coefficient (Wildman–Crippen LogP) is 3.06. The fraction of sp³-hybridized carbons (Fsp3) is 0.667. The second kappa shape index (κ2) is 9.01. The number of nitrogens with one attached hydrogen (secondary N) is 1. The summed E-state index contributed by atoms with van der Waals surface area (Å²) in [6, 6.07) is 6.92. The second-order valence-electron chi connectivity index (χ2n) is 5.70. The molecule has 0 saturated carbocycles. The Morgan fingerprint density at radius 2 is 1.91 bits per heavy atom. The minimum Gasteiger partial charge on any atom is -0.490 e. The van der Waals surface area contributed by atoms with Crippen LogP contribution in [-0.4, -0.2) is 43.8 Å². The van der Waals surface area contributed by atoms with Gasteiger partial charge in [0.25, 0.3) is 0 Å². The van der Waals surface area contributed by atoms with Gasteiger partial charge in [-0.15, -0.1) is 0 Å². The monoisotopic (exact) mass is 306 g/mol. The van der Waals surface area contributed by atoms with Crippen molar-refractivity contribution in [1.29, 1.82) is 0 Å². The maximum absolute atomic E-state index is 5.68. The Morgan fingerprint density at radius 3 is 2.64 bits per heavy atom. The maximum Gasteiger partial charge on any atom is 0.161 e. The average molecular weight is 306 g/mol. The molecule has 1 saturated heterocycles. The summed E-state index contributed by atoms with van der Waals surface area (Å²) >= 11 is 0. The van der Waals surface area contributed by atoms with Crippen LogP contribution < -0.4 is 14.8 Å². The van der Waals surface area contributed by atoms with Crippen molar-refractivity contribution in [2.45, 2.75) is 46.2 Å². The summed E-state index contributed by atoms with van der Waals surface area (Å²) in [5, 5.41) is 3.59. The Morgan fingerprint density at radius 1 is 1.14 bits per heavy atom. The first-order chi connectivity index (χ1) is 10.8. The molecule has 2 rings (SSSR count). The number of hydrogen-bond acceptors (Lipinski definition) is 4. The largest absolute Gasteiger partial charge is 0.490 e. The molecule has 1 aromatic rings. The van der Waals surface area contributed by atoms with E-state index in [4.69, 9.17) is 9.47 Å². The summed E-state index contributed by atoms with van der Waals surface area (Å²) in [6.45, 7) is 11.9. The van der Waals surface area contributed by atoms with Crippen LogP contribution in [0, 0.1) is 0 Å². The van der Waals surface area contributed by atoms with Crippen LogP contribution >= 0.6 is 0 Å². The van der Waals surface area contributed by atoms with Crippen molar-refractivity contribution in [2.75, 3.05) is 32.8 Å². The molecule has 1 aromatic carbocycles. The highest BCUT2D eigenvalue weighted by Crippen LogP contribution is 2.28. The average Bonchev–Trinajstić information content (AvgIpc) is 2.98. The molecule has 0 spiro atoms. The Labute approximate surface area is 134 Å². The lowest BCUT2D eigenvalue weighted by Gasteiger charge is -2.23. The molecule has 1 aliphatic rings. The van der Waals surface area contributed by atoms with Crippen molar-refractivity contribution < 1.29 is 9.47 Å². The first-order valence-corrected chi connectivity index (χ1v) is 8.61. The predicted molar refractivity (Wildman–Crippen MR) is 90.8 cm³/mol. The summed E-state index contributed by atoms with van der Waals surface area (Å²) < 4.78 is 11.3. The van der Waals surface area contributed by atoms with Crippen molar-refractivity contribution in [3.63, 3.8) is 0 Å². The first kappa shape index (κ1) is 17.1. The van der Waals surface area contributed by atoms with Crippen LogP contribution in [-0.2, 0) is 6.54 Å². The van der Waals surface area contributed by atoms with Crippen LogP contribution in [0.5, 0.6) is 11.5 Å². The van der Waals surface area contributed by atoms with Crippen LogP contribution in [0.15, 0.2) is 18.2 Å². The lowest BCUT2D eigenvalue weighted by atomic mass is 10.1. The normalized spacial score (nSPS) is 18.6. The highest BCUT2D eigenvalue weighted by molar-refractivity contribution is 5.43. The van der Waals surface area contributed by atoms with E-state index in [1.54, 1.807) is 0 Å². The number of likely N-dealkylation sites (tertiary alicyclic amines) is 1. The van der Waals surface area contributed by atoms with Gasteiger partial charge < -0.3 is 14.8 Å². The standard InChI is InChI=1S/C18H30N2O2/c1-4-20-11-7-8-16(20)14-19-13-15-9-10-17(21-5-2)18(12-15)22-6-3/h9-10,12,16,19H,4-8,11,13-14H2,1-3H3/t16-/m1/s1. The lowest BCUT2D eigenvalue weighted by Crippen LogP contribution is -2.37. The van der Waals surface area contributed by atoms with E-state index in [0.29, 0.717) is 19.3 Å². The zero-order chi connectivity index (χ0) is 15.8. The molecular weight excluding hydrogens is 276 g/mol. The molecule has 4 nitrogen and oxygen atoms in total. The molecule has 0 radical (unpaired) electrons. The number of ether oxygens (including phenoxy) is 2. The molecule has 1 N–H and O–H groups in total. The number of hydrogen-bond donors (Lipinski definition) is 1. The molecule has 22 heavy (non-hydrogen) atoms. The summed E-state index contributed by atoms with van der Waals surface area (Å²) in [7, 11) is 0. The zero-order valence-corrected chi connectivity index (χ0v) is 14.2. The fourth-order valence-electron chi connectivity index (χ4n) is 3.13. The molecule has 124 valence electrons. The van der Waals surface area contributed by atoms with Gasteiger partial charge in [0.15, 0.2) is 11.5 Å². The van der Waals surface area contributed by atoms with Crippen molar-refractivity contribution in [3.05, 3.63) is 23.8 Å². The van der Waals surface area contributed by atoms with E-state index >= 15 is 0 Å². The lowest BCUT2D eigenvalue weighted by molar-refractivity contribution is 0.259. The Bertz CT molecular complexity index is 451. The van der Waals surface area contributed by atoms with E-state index in [9.17, 15) is 0 Å². The van der Waals surface area contributed by atoms with Gasteiger partial charge in [-0.1, -0.05) is 13.0 Å². The second-order valence-corrected chi connectivity index (χ2v) is 5.70. The minimum atomic E-state index is 0.657. The van der Waals surface area contributed by atoms with Gasteiger partial charge in [-0.3, -0.25) is 4.90 Å². The smallest absolute Gasteiger partial charge is 0.161 e. The van der Waals surface area contributed by atoms with Gasteiger partial charge in [-0.25, -0.2) is 0 Å². The quantitative estimate of drug-likeness (QED) is 0.760. The molecule has 1 heterocycles. The SMILES string of the molecule is CCOc1ccc(CNC[C@H]2CCCN2CC)cc1OCC. The zero-order valence-electron chi connectivity index (χ0n) is 14.2. The third-order valence-electron chi connectivity index (χ3n) is 4.22. The number of nitrogens with zero attached hydrogens (tertiary/aromatic N) is 1. The van der Waals surface area contributed by atoms with Crippen LogP contribution in [0.3, 0.4) is 0 Å². The van der Waals surface area contributed by atoms with E-state index in [-0.39, 0.29) is 0 Å². The Balaban J connectivity index is 1.88. The van der Waals surface area contributed by atoms with Gasteiger partial charge in [0, 0.05) is 19.1 Å². The highest BCUT2D eigenvalue weighted by atomic mass is 16.5. The van der Waals surface area contributed by atoms with E-state index in [1.807, 2.05) is 19.9 Å². The van der Waals surface area contributed by atoms with E-state index < -0.39 is 0 Å². The third kappa shape index (κ3) is 4.62. The molecule has 1 fully saturated rings. The molecule has 0 aromatic heterocycles. The molecule has 0 amide bonds. The van der Waals surface area contributed by atoms with Gasteiger partial charge in [0.2, 0.25) is 0 Å². The van der Waals surface area contributed by atoms with Gasteiger partial charge in [0.05, 0.1) is 13.2 Å². The topological polar surface area (TPSA) is 33.7 Å². The summed E-state index contributed by atoms with van der Waals surface area (Å²) in [6.07, 6.45) is 2.64. The summed E-state index contributed by atoms with van der Waals surface area (Å²) in [5.74, 6) is 1.68. The van der Waals surface area contributed by atoms with Crippen molar-refractivity contribution in [1.82, 2.24) is 10.2 Å². The minimum absolute atomic E-state index is 0.657. The van der Waals surface area contributed by atoms with Crippen LogP contribution in [0.4, 0.5) is 0 Å². The van der Waals surface area contributed by atoms with Crippen molar-refractivity contribution in [2.24, 2.45) is 0 Å². The first-order valence-electron chi connectivity index (χ1n) is 8.61. The van der Waals surface area contributed by atoms with Gasteiger partial charge >= 0.3 is 0 Å².